The van der Waals surface area contributed by atoms with Gasteiger partial charge in [0.1, 0.15) is 11.5 Å². The minimum atomic E-state index is -0.225. The van der Waals surface area contributed by atoms with Gasteiger partial charge in [-0.05, 0) is 49.2 Å². The maximum Gasteiger partial charge on any atom is 0.137 e. The number of benzene rings is 1. The number of fused-ring (bicyclic) bond motifs is 1. The monoisotopic (exact) mass is 309 g/mol. The predicted octanol–water partition coefficient (Wildman–Crippen LogP) is 4.89. The first-order chi connectivity index (χ1) is 11.3. The van der Waals surface area contributed by atoms with Crippen LogP contribution in [0.2, 0.25) is 0 Å². The molecule has 0 unspecified atom stereocenters. The molecule has 2 aromatic heterocycles. The molecule has 23 heavy (non-hydrogen) atoms. The quantitative estimate of drug-likeness (QED) is 0.746. The lowest BCUT2D eigenvalue weighted by molar-refractivity contribution is 0.462. The van der Waals surface area contributed by atoms with Crippen LogP contribution < -0.4 is 5.32 Å². The summed E-state index contributed by atoms with van der Waals surface area (Å²) in [5.74, 6) is -0.225. The second-order valence-electron chi connectivity index (χ2n) is 6.30. The summed E-state index contributed by atoms with van der Waals surface area (Å²) in [5.41, 5.74) is 3.82. The second-order valence-corrected chi connectivity index (χ2v) is 6.30. The number of hydrogen-bond donors (Lipinski definition) is 1. The Hall–Kier alpha value is -2.36. The van der Waals surface area contributed by atoms with Gasteiger partial charge in [0.05, 0.1) is 11.4 Å². The highest BCUT2D eigenvalue weighted by Crippen LogP contribution is 2.24. The van der Waals surface area contributed by atoms with Gasteiger partial charge in [0.15, 0.2) is 0 Å². The molecule has 3 nitrogen and oxygen atoms in total. The van der Waals surface area contributed by atoms with Crippen LogP contribution in [-0.4, -0.2) is 15.4 Å². The molecule has 2 heterocycles. The molecule has 0 spiro atoms. The van der Waals surface area contributed by atoms with E-state index in [1.54, 1.807) is 12.1 Å². The summed E-state index contributed by atoms with van der Waals surface area (Å²) in [4.78, 5) is 4.61. The van der Waals surface area contributed by atoms with Crippen LogP contribution in [0, 0.1) is 5.82 Å². The molecule has 0 amide bonds. The molecule has 4 rings (SSSR count). The van der Waals surface area contributed by atoms with Gasteiger partial charge in [-0.15, -0.1) is 0 Å². The van der Waals surface area contributed by atoms with Crippen LogP contribution in [-0.2, 0) is 0 Å². The number of rotatable bonds is 3. The van der Waals surface area contributed by atoms with Crippen molar-refractivity contribution in [3.63, 3.8) is 0 Å². The van der Waals surface area contributed by atoms with Crippen molar-refractivity contribution in [3.8, 4) is 11.3 Å². The lowest BCUT2D eigenvalue weighted by Crippen LogP contribution is -2.22. The van der Waals surface area contributed by atoms with Crippen molar-refractivity contribution in [1.29, 1.82) is 0 Å². The Morgan fingerprint density at radius 3 is 2.52 bits per heavy atom. The second kappa shape index (κ2) is 6.03. The number of hydrogen-bond acceptors (Lipinski definition) is 2. The molecule has 0 atom stereocenters. The number of imidazole rings is 1. The Labute approximate surface area is 135 Å². The Bertz CT molecular complexity index is 801. The normalized spacial score (nSPS) is 15.9. The van der Waals surface area contributed by atoms with Crippen molar-refractivity contribution in [2.24, 2.45) is 0 Å². The van der Waals surface area contributed by atoms with Crippen LogP contribution in [0.1, 0.15) is 32.1 Å². The molecule has 3 aromatic rings. The highest BCUT2D eigenvalue weighted by molar-refractivity contribution is 5.63. The molecular weight excluding hydrogens is 289 g/mol. The smallest absolute Gasteiger partial charge is 0.137 e. The molecular formula is C19H20FN3. The number of aromatic nitrogens is 2. The summed E-state index contributed by atoms with van der Waals surface area (Å²) < 4.78 is 15.1. The van der Waals surface area contributed by atoms with E-state index in [1.807, 2.05) is 16.7 Å². The highest BCUT2D eigenvalue weighted by atomic mass is 19.1. The van der Waals surface area contributed by atoms with E-state index < -0.39 is 0 Å². The van der Waals surface area contributed by atoms with E-state index in [1.165, 1.54) is 44.2 Å². The molecule has 1 N–H and O–H groups in total. The van der Waals surface area contributed by atoms with Crippen molar-refractivity contribution in [3.05, 3.63) is 54.6 Å². The average molecular weight is 309 g/mol. The van der Waals surface area contributed by atoms with Crippen LogP contribution in [0.3, 0.4) is 0 Å². The zero-order valence-corrected chi connectivity index (χ0v) is 13.0. The van der Waals surface area contributed by atoms with Crippen molar-refractivity contribution in [1.82, 2.24) is 9.38 Å². The summed E-state index contributed by atoms with van der Waals surface area (Å²) in [6.45, 7) is 0. The van der Waals surface area contributed by atoms with Crippen LogP contribution in [0.5, 0.6) is 0 Å². The van der Waals surface area contributed by atoms with Crippen LogP contribution in [0.15, 0.2) is 48.8 Å². The zero-order valence-electron chi connectivity index (χ0n) is 13.0. The predicted molar refractivity (Wildman–Crippen MR) is 91.1 cm³/mol. The van der Waals surface area contributed by atoms with Gasteiger partial charge in [0, 0.05) is 24.0 Å². The number of anilines is 1. The third kappa shape index (κ3) is 3.07. The lowest BCUT2D eigenvalue weighted by Gasteiger charge is -2.23. The standard InChI is InChI=1S/C19H20FN3/c20-15-8-6-14(7-9-15)18-13-23-12-17(10-11-19(23)22-18)21-16-4-2-1-3-5-16/h6-13,16,21H,1-5H2. The maximum absolute atomic E-state index is 13.0. The van der Waals surface area contributed by atoms with Gasteiger partial charge >= 0.3 is 0 Å². The van der Waals surface area contributed by atoms with Gasteiger partial charge in [-0.1, -0.05) is 19.3 Å². The molecule has 0 bridgehead atoms. The summed E-state index contributed by atoms with van der Waals surface area (Å²) in [5, 5.41) is 3.63. The van der Waals surface area contributed by atoms with Crippen molar-refractivity contribution in [2.45, 2.75) is 38.1 Å². The first kappa shape index (κ1) is 14.2. The Morgan fingerprint density at radius 2 is 1.74 bits per heavy atom. The van der Waals surface area contributed by atoms with Gasteiger partial charge in [-0.2, -0.15) is 0 Å². The summed E-state index contributed by atoms with van der Waals surface area (Å²) in [6, 6.07) is 11.2. The largest absolute Gasteiger partial charge is 0.381 e. The number of halogens is 1. The topological polar surface area (TPSA) is 29.3 Å². The van der Waals surface area contributed by atoms with Crippen LogP contribution in [0.25, 0.3) is 16.9 Å². The fourth-order valence-corrected chi connectivity index (χ4v) is 3.32. The van der Waals surface area contributed by atoms with E-state index in [0.29, 0.717) is 6.04 Å². The number of pyridine rings is 1. The van der Waals surface area contributed by atoms with Crippen LogP contribution in [0.4, 0.5) is 10.1 Å². The molecule has 0 saturated heterocycles. The number of nitrogens with zero attached hydrogens (tertiary/aromatic N) is 2. The summed E-state index contributed by atoms with van der Waals surface area (Å²) in [6.07, 6.45) is 10.6. The zero-order chi connectivity index (χ0) is 15.6. The molecule has 1 saturated carbocycles. The number of nitrogens with one attached hydrogen (secondary N) is 1. The molecule has 1 aliphatic rings. The van der Waals surface area contributed by atoms with E-state index in [0.717, 1.165) is 22.6 Å². The Balaban J connectivity index is 1.60. The first-order valence-corrected chi connectivity index (χ1v) is 8.29. The average Bonchev–Trinajstić information content (AvgIpc) is 3.00. The third-order valence-electron chi connectivity index (χ3n) is 4.57. The minimum absolute atomic E-state index is 0.225. The van der Waals surface area contributed by atoms with Gasteiger partial charge in [0.2, 0.25) is 0 Å². The molecule has 4 heteroatoms. The summed E-state index contributed by atoms with van der Waals surface area (Å²) in [7, 11) is 0. The molecule has 1 fully saturated rings. The highest BCUT2D eigenvalue weighted by Gasteiger charge is 2.13. The fourth-order valence-electron chi connectivity index (χ4n) is 3.32. The lowest BCUT2D eigenvalue weighted by atomic mass is 9.95. The molecule has 1 aromatic carbocycles. The van der Waals surface area contributed by atoms with Crippen molar-refractivity contribution >= 4 is 11.3 Å². The van der Waals surface area contributed by atoms with Crippen molar-refractivity contribution in [2.75, 3.05) is 5.32 Å². The Morgan fingerprint density at radius 1 is 0.957 bits per heavy atom. The maximum atomic E-state index is 13.0. The van der Waals surface area contributed by atoms with E-state index in [4.69, 9.17) is 0 Å². The van der Waals surface area contributed by atoms with E-state index in [-0.39, 0.29) is 5.82 Å². The Kier molecular flexibility index (Phi) is 3.74. The van der Waals surface area contributed by atoms with Gasteiger partial charge < -0.3 is 9.72 Å². The van der Waals surface area contributed by atoms with Crippen molar-refractivity contribution < 1.29 is 4.39 Å². The third-order valence-corrected chi connectivity index (χ3v) is 4.57. The molecule has 1 aliphatic carbocycles. The SMILES string of the molecule is Fc1ccc(-c2cn3cc(NC4CCCCC4)ccc3n2)cc1. The minimum Gasteiger partial charge on any atom is -0.381 e. The fraction of sp³-hybridized carbons (Fsp3) is 0.316. The first-order valence-electron chi connectivity index (χ1n) is 8.29. The molecule has 0 aliphatic heterocycles. The van der Waals surface area contributed by atoms with E-state index in [2.05, 4.69) is 22.6 Å². The van der Waals surface area contributed by atoms with Gasteiger partial charge in [-0.25, -0.2) is 9.37 Å². The molecule has 118 valence electrons. The van der Waals surface area contributed by atoms with E-state index >= 15 is 0 Å². The van der Waals surface area contributed by atoms with Gasteiger partial charge in [0.25, 0.3) is 0 Å². The van der Waals surface area contributed by atoms with E-state index in [9.17, 15) is 4.39 Å². The summed E-state index contributed by atoms with van der Waals surface area (Å²) >= 11 is 0. The van der Waals surface area contributed by atoms with Crippen LogP contribution >= 0.6 is 0 Å². The van der Waals surface area contributed by atoms with Gasteiger partial charge in [-0.3, -0.25) is 0 Å². The molecule has 0 radical (unpaired) electrons.